The number of hydrogen-bond donors (Lipinski definition) is 1. The van der Waals surface area contributed by atoms with E-state index < -0.39 is 6.04 Å². The lowest BCUT2D eigenvalue weighted by atomic mass is 9.86. The van der Waals surface area contributed by atoms with E-state index in [0.29, 0.717) is 23.5 Å². The zero-order valence-electron chi connectivity index (χ0n) is 17.9. The lowest BCUT2D eigenvalue weighted by Gasteiger charge is -2.19. The zero-order valence-corrected chi connectivity index (χ0v) is 17.9. The first kappa shape index (κ1) is 20.9. The van der Waals surface area contributed by atoms with Crippen molar-refractivity contribution in [3.8, 4) is 11.5 Å². The number of carbonyl (C=O) groups is 3. The smallest absolute Gasteiger partial charge is 0.252 e. The summed E-state index contributed by atoms with van der Waals surface area (Å²) < 4.78 is 10.7. The fourth-order valence-corrected chi connectivity index (χ4v) is 3.73. The minimum Gasteiger partial charge on any atom is -0.454 e. The molecule has 1 saturated heterocycles. The second kappa shape index (κ2) is 8.06. The molecule has 2 aromatic rings. The molecule has 31 heavy (non-hydrogen) atoms. The normalized spacial score (nSPS) is 17.9. The zero-order chi connectivity index (χ0) is 22.2. The monoisotopic (exact) mass is 422 g/mol. The van der Waals surface area contributed by atoms with Crippen LogP contribution in [0.5, 0.6) is 11.5 Å². The molecule has 0 aromatic heterocycles. The maximum absolute atomic E-state index is 12.7. The van der Waals surface area contributed by atoms with Crippen LogP contribution in [0.25, 0.3) is 0 Å². The van der Waals surface area contributed by atoms with Crippen LogP contribution in [-0.2, 0) is 21.4 Å². The van der Waals surface area contributed by atoms with Crippen molar-refractivity contribution in [3.05, 3.63) is 59.2 Å². The van der Waals surface area contributed by atoms with Crippen LogP contribution in [0.4, 0.5) is 0 Å². The van der Waals surface area contributed by atoms with E-state index in [1.807, 2.05) is 30.3 Å². The number of amides is 3. The minimum atomic E-state index is -0.834. The highest BCUT2D eigenvalue weighted by Gasteiger charge is 2.39. The average molecular weight is 422 g/mol. The van der Waals surface area contributed by atoms with Crippen LogP contribution < -0.4 is 14.8 Å². The number of carbonyl (C=O) groups excluding carboxylic acids is 3. The molecular formula is C24H26N2O5. The van der Waals surface area contributed by atoms with E-state index >= 15 is 0 Å². The van der Waals surface area contributed by atoms with Crippen molar-refractivity contribution >= 4 is 17.7 Å². The van der Waals surface area contributed by atoms with Gasteiger partial charge in [-0.1, -0.05) is 39.0 Å². The molecule has 1 N–H and O–H groups in total. The lowest BCUT2D eigenvalue weighted by molar-refractivity contribution is -0.138. The standard InChI is InChI=1S/C24H26N2O5/c1-24(2,3)17-7-5-16(6-8-17)22(28)25-18-13-21(27)26(23(18)29)11-10-15-4-9-19-20(12-15)31-14-30-19/h4-9,12,18H,10-11,13-14H2,1-3H3,(H,25,28)/t18-/m0/s1. The van der Waals surface area contributed by atoms with Gasteiger partial charge in [-0.25, -0.2) is 0 Å². The molecule has 0 spiro atoms. The first-order valence-electron chi connectivity index (χ1n) is 10.4. The highest BCUT2D eigenvalue weighted by atomic mass is 16.7. The highest BCUT2D eigenvalue weighted by Crippen LogP contribution is 2.32. The molecule has 4 rings (SSSR count). The topological polar surface area (TPSA) is 84.9 Å². The van der Waals surface area contributed by atoms with Crippen LogP contribution in [-0.4, -0.2) is 42.0 Å². The van der Waals surface area contributed by atoms with Crippen LogP contribution in [0, 0.1) is 0 Å². The van der Waals surface area contributed by atoms with Crippen LogP contribution >= 0.6 is 0 Å². The molecule has 0 aliphatic carbocycles. The highest BCUT2D eigenvalue weighted by molar-refractivity contribution is 6.08. The molecule has 0 saturated carbocycles. The summed E-state index contributed by atoms with van der Waals surface area (Å²) in [5.74, 6) is 0.350. The van der Waals surface area contributed by atoms with Crippen molar-refractivity contribution < 1.29 is 23.9 Å². The van der Waals surface area contributed by atoms with Crippen LogP contribution in [0.1, 0.15) is 48.7 Å². The molecule has 0 bridgehead atoms. The molecule has 2 heterocycles. The molecule has 3 amide bonds. The summed E-state index contributed by atoms with van der Waals surface area (Å²) in [6.07, 6.45) is 0.481. The SMILES string of the molecule is CC(C)(C)c1ccc(C(=O)N[C@H]2CC(=O)N(CCc3ccc4c(c3)OCO4)C2=O)cc1. The Labute approximate surface area is 181 Å². The fraction of sp³-hybridized carbons (Fsp3) is 0.375. The maximum Gasteiger partial charge on any atom is 0.252 e. The van der Waals surface area contributed by atoms with Gasteiger partial charge >= 0.3 is 0 Å². The molecule has 1 atom stereocenters. The summed E-state index contributed by atoms with van der Waals surface area (Å²) in [6.45, 7) is 6.75. The second-order valence-electron chi connectivity index (χ2n) is 8.88. The van der Waals surface area contributed by atoms with E-state index in [-0.39, 0.29) is 42.9 Å². The quantitative estimate of drug-likeness (QED) is 0.749. The van der Waals surface area contributed by atoms with Gasteiger partial charge in [-0.2, -0.15) is 0 Å². The number of fused-ring (bicyclic) bond motifs is 1. The van der Waals surface area contributed by atoms with E-state index in [1.54, 1.807) is 12.1 Å². The van der Waals surface area contributed by atoms with Gasteiger partial charge in [-0.15, -0.1) is 0 Å². The van der Waals surface area contributed by atoms with Gasteiger partial charge in [0.15, 0.2) is 11.5 Å². The number of nitrogens with zero attached hydrogens (tertiary/aromatic N) is 1. The van der Waals surface area contributed by atoms with Gasteiger partial charge in [-0.3, -0.25) is 19.3 Å². The number of rotatable bonds is 5. The molecule has 7 heteroatoms. The molecule has 1 fully saturated rings. The summed E-state index contributed by atoms with van der Waals surface area (Å²) in [7, 11) is 0. The summed E-state index contributed by atoms with van der Waals surface area (Å²) in [5, 5.41) is 2.71. The number of imide groups is 1. The third kappa shape index (κ3) is 4.40. The van der Waals surface area contributed by atoms with Crippen molar-refractivity contribution in [1.82, 2.24) is 10.2 Å². The number of likely N-dealkylation sites (tertiary alicyclic amines) is 1. The van der Waals surface area contributed by atoms with E-state index in [9.17, 15) is 14.4 Å². The third-order valence-electron chi connectivity index (χ3n) is 5.62. The molecular weight excluding hydrogens is 396 g/mol. The number of ether oxygens (including phenoxy) is 2. The predicted molar refractivity (Wildman–Crippen MR) is 114 cm³/mol. The Balaban J connectivity index is 1.36. The first-order valence-corrected chi connectivity index (χ1v) is 10.4. The largest absolute Gasteiger partial charge is 0.454 e. The van der Waals surface area contributed by atoms with E-state index in [2.05, 4.69) is 26.1 Å². The van der Waals surface area contributed by atoms with Crippen molar-refractivity contribution in [3.63, 3.8) is 0 Å². The van der Waals surface area contributed by atoms with E-state index in [4.69, 9.17) is 9.47 Å². The summed E-state index contributed by atoms with van der Waals surface area (Å²) >= 11 is 0. The Morgan fingerprint density at radius 2 is 1.77 bits per heavy atom. The lowest BCUT2D eigenvalue weighted by Crippen LogP contribution is -2.42. The van der Waals surface area contributed by atoms with Crippen molar-refractivity contribution in [2.75, 3.05) is 13.3 Å². The van der Waals surface area contributed by atoms with Crippen molar-refractivity contribution in [1.29, 1.82) is 0 Å². The third-order valence-corrected chi connectivity index (χ3v) is 5.62. The second-order valence-corrected chi connectivity index (χ2v) is 8.88. The summed E-state index contributed by atoms with van der Waals surface area (Å²) in [5.41, 5.74) is 2.51. The number of hydrogen-bond acceptors (Lipinski definition) is 5. The summed E-state index contributed by atoms with van der Waals surface area (Å²) in [4.78, 5) is 38.9. The van der Waals surface area contributed by atoms with Gasteiger partial charge in [0.25, 0.3) is 11.8 Å². The summed E-state index contributed by atoms with van der Waals surface area (Å²) in [6, 6.07) is 12.0. The molecule has 2 aromatic carbocycles. The Bertz CT molecular complexity index is 1020. The van der Waals surface area contributed by atoms with Crippen LogP contribution in [0.3, 0.4) is 0 Å². The Morgan fingerprint density at radius 3 is 2.48 bits per heavy atom. The minimum absolute atomic E-state index is 0.0126. The molecule has 162 valence electrons. The molecule has 2 aliphatic heterocycles. The van der Waals surface area contributed by atoms with E-state index in [0.717, 1.165) is 11.1 Å². The molecule has 7 nitrogen and oxygen atoms in total. The number of benzene rings is 2. The predicted octanol–water partition coefficient (Wildman–Crippen LogP) is 2.81. The van der Waals surface area contributed by atoms with Crippen LogP contribution in [0.2, 0.25) is 0 Å². The van der Waals surface area contributed by atoms with Gasteiger partial charge in [0, 0.05) is 12.1 Å². The Hall–Kier alpha value is -3.35. The molecule has 2 aliphatic rings. The molecule has 0 unspecified atom stereocenters. The maximum atomic E-state index is 12.7. The van der Waals surface area contributed by atoms with Gasteiger partial charge in [0.2, 0.25) is 12.7 Å². The Morgan fingerprint density at radius 1 is 1.06 bits per heavy atom. The number of nitrogens with one attached hydrogen (secondary N) is 1. The average Bonchev–Trinajstić information content (AvgIpc) is 3.30. The van der Waals surface area contributed by atoms with Gasteiger partial charge in [-0.05, 0) is 47.2 Å². The fourth-order valence-electron chi connectivity index (χ4n) is 3.73. The van der Waals surface area contributed by atoms with Gasteiger partial charge in [0.05, 0.1) is 6.42 Å². The van der Waals surface area contributed by atoms with Gasteiger partial charge in [0.1, 0.15) is 6.04 Å². The van der Waals surface area contributed by atoms with Crippen molar-refractivity contribution in [2.45, 2.75) is 45.1 Å². The Kier molecular flexibility index (Phi) is 5.43. The van der Waals surface area contributed by atoms with Crippen molar-refractivity contribution in [2.24, 2.45) is 0 Å². The van der Waals surface area contributed by atoms with Crippen LogP contribution in [0.15, 0.2) is 42.5 Å². The van der Waals surface area contributed by atoms with E-state index in [1.165, 1.54) is 4.90 Å². The molecule has 0 radical (unpaired) electrons. The van der Waals surface area contributed by atoms with Gasteiger partial charge < -0.3 is 14.8 Å². The first-order chi connectivity index (χ1) is 14.7.